The van der Waals surface area contributed by atoms with Crippen LogP contribution in [0.15, 0.2) is 0 Å². The highest BCUT2D eigenvalue weighted by Crippen LogP contribution is 2.10. The fourth-order valence-electron chi connectivity index (χ4n) is 1.67. The van der Waals surface area contributed by atoms with Gasteiger partial charge < -0.3 is 15.2 Å². The van der Waals surface area contributed by atoms with Crippen LogP contribution < -0.4 is 5.32 Å². The second-order valence-corrected chi connectivity index (χ2v) is 3.70. The molecular weight excluding hydrogens is 166 g/mol. The predicted octanol–water partition coefficient (Wildman–Crippen LogP) is 0.916. The molecule has 1 aliphatic heterocycles. The van der Waals surface area contributed by atoms with Crippen molar-refractivity contribution in [2.24, 2.45) is 0 Å². The third-order valence-corrected chi connectivity index (χ3v) is 2.45. The van der Waals surface area contributed by atoms with Crippen LogP contribution in [0.4, 0.5) is 0 Å². The minimum Gasteiger partial charge on any atom is -0.389 e. The number of nitrogens with one attached hydrogen (secondary N) is 1. The van der Waals surface area contributed by atoms with E-state index >= 15 is 0 Å². The van der Waals surface area contributed by atoms with Crippen molar-refractivity contribution >= 4 is 0 Å². The lowest BCUT2D eigenvalue weighted by Gasteiger charge is -2.27. The molecule has 1 aliphatic rings. The summed E-state index contributed by atoms with van der Waals surface area (Å²) in [5.74, 6) is 0. The summed E-state index contributed by atoms with van der Waals surface area (Å²) in [5.41, 5.74) is 0. The number of ether oxygens (including phenoxy) is 1. The van der Waals surface area contributed by atoms with Crippen LogP contribution >= 0.6 is 0 Å². The largest absolute Gasteiger partial charge is 0.389 e. The van der Waals surface area contributed by atoms with E-state index in [-0.39, 0.29) is 12.1 Å². The van der Waals surface area contributed by atoms with Gasteiger partial charge >= 0.3 is 0 Å². The number of aliphatic hydroxyl groups is 1. The zero-order valence-corrected chi connectivity index (χ0v) is 8.46. The number of piperidine rings is 1. The average Bonchev–Trinajstić information content (AvgIpc) is 2.19. The van der Waals surface area contributed by atoms with Gasteiger partial charge in [-0.2, -0.15) is 0 Å². The molecule has 3 nitrogen and oxygen atoms in total. The summed E-state index contributed by atoms with van der Waals surface area (Å²) in [4.78, 5) is 0. The molecule has 0 bridgehead atoms. The quantitative estimate of drug-likeness (QED) is 0.629. The van der Waals surface area contributed by atoms with E-state index in [0.29, 0.717) is 6.61 Å². The first kappa shape index (κ1) is 11.0. The molecule has 0 aliphatic carbocycles. The lowest BCUT2D eigenvalue weighted by molar-refractivity contribution is 0.0114. The molecule has 2 N–H and O–H groups in total. The molecule has 1 fully saturated rings. The van der Waals surface area contributed by atoms with Crippen molar-refractivity contribution in [1.82, 2.24) is 5.32 Å². The Kier molecular flexibility index (Phi) is 5.35. The first-order chi connectivity index (χ1) is 6.34. The van der Waals surface area contributed by atoms with Crippen LogP contribution in [0.2, 0.25) is 0 Å². The van der Waals surface area contributed by atoms with Gasteiger partial charge in [-0.05, 0) is 25.8 Å². The maximum atomic E-state index is 9.71. The molecule has 3 heteroatoms. The monoisotopic (exact) mass is 187 g/mol. The number of aliphatic hydroxyl groups excluding tert-OH is 1. The van der Waals surface area contributed by atoms with Gasteiger partial charge in [0.05, 0.1) is 12.7 Å². The molecule has 0 aromatic rings. The van der Waals surface area contributed by atoms with Gasteiger partial charge in [0, 0.05) is 12.6 Å². The SMILES string of the molecule is CCCOCC(O)C1CCCCN1. The average molecular weight is 187 g/mol. The molecule has 0 amide bonds. The summed E-state index contributed by atoms with van der Waals surface area (Å²) in [5, 5.41) is 13.0. The Hall–Kier alpha value is -0.120. The van der Waals surface area contributed by atoms with Crippen molar-refractivity contribution in [1.29, 1.82) is 0 Å². The third-order valence-electron chi connectivity index (χ3n) is 2.45. The lowest BCUT2D eigenvalue weighted by Crippen LogP contribution is -2.45. The van der Waals surface area contributed by atoms with E-state index in [2.05, 4.69) is 12.2 Å². The van der Waals surface area contributed by atoms with Crippen LogP contribution in [-0.4, -0.2) is 37.0 Å². The van der Waals surface area contributed by atoms with E-state index in [0.717, 1.165) is 26.0 Å². The van der Waals surface area contributed by atoms with E-state index in [9.17, 15) is 5.11 Å². The minimum atomic E-state index is -0.327. The van der Waals surface area contributed by atoms with Crippen LogP contribution in [0.3, 0.4) is 0 Å². The van der Waals surface area contributed by atoms with Gasteiger partial charge in [0.1, 0.15) is 0 Å². The molecule has 13 heavy (non-hydrogen) atoms. The normalized spacial score (nSPS) is 25.8. The zero-order valence-electron chi connectivity index (χ0n) is 8.46. The molecule has 0 aromatic carbocycles. The Morgan fingerprint density at radius 1 is 1.54 bits per heavy atom. The molecule has 0 radical (unpaired) electrons. The Labute approximate surface area is 80.5 Å². The van der Waals surface area contributed by atoms with Crippen LogP contribution in [0, 0.1) is 0 Å². The predicted molar refractivity (Wildman–Crippen MR) is 52.8 cm³/mol. The van der Waals surface area contributed by atoms with Crippen LogP contribution in [0.1, 0.15) is 32.6 Å². The summed E-state index contributed by atoms with van der Waals surface area (Å²) < 4.78 is 5.31. The van der Waals surface area contributed by atoms with Crippen LogP contribution in [0.25, 0.3) is 0 Å². The second-order valence-electron chi connectivity index (χ2n) is 3.70. The van der Waals surface area contributed by atoms with Gasteiger partial charge in [0.15, 0.2) is 0 Å². The summed E-state index contributed by atoms with van der Waals surface area (Å²) >= 11 is 0. The van der Waals surface area contributed by atoms with Gasteiger partial charge in [0.25, 0.3) is 0 Å². The standard InChI is InChI=1S/C10H21NO2/c1-2-7-13-8-10(12)9-5-3-4-6-11-9/h9-12H,2-8H2,1H3. The maximum absolute atomic E-state index is 9.71. The Balaban J connectivity index is 2.09. The lowest BCUT2D eigenvalue weighted by atomic mass is 10.0. The number of rotatable bonds is 5. The highest BCUT2D eigenvalue weighted by Gasteiger charge is 2.20. The van der Waals surface area contributed by atoms with E-state index in [1.807, 2.05) is 0 Å². The molecule has 1 saturated heterocycles. The summed E-state index contributed by atoms with van der Waals surface area (Å²) in [7, 11) is 0. The summed E-state index contributed by atoms with van der Waals surface area (Å²) in [6.07, 6.45) is 4.23. The highest BCUT2D eigenvalue weighted by atomic mass is 16.5. The molecule has 78 valence electrons. The molecule has 1 rings (SSSR count). The highest BCUT2D eigenvalue weighted by molar-refractivity contribution is 4.78. The maximum Gasteiger partial charge on any atom is 0.0926 e. The molecule has 0 aromatic heterocycles. The Morgan fingerprint density at radius 2 is 2.38 bits per heavy atom. The van der Waals surface area contributed by atoms with E-state index in [4.69, 9.17) is 4.74 Å². The molecule has 2 unspecified atom stereocenters. The first-order valence-electron chi connectivity index (χ1n) is 5.33. The van der Waals surface area contributed by atoms with Crippen LogP contribution in [-0.2, 0) is 4.74 Å². The third kappa shape index (κ3) is 4.07. The fourth-order valence-corrected chi connectivity index (χ4v) is 1.67. The molecule has 0 spiro atoms. The van der Waals surface area contributed by atoms with Crippen molar-refractivity contribution < 1.29 is 9.84 Å². The van der Waals surface area contributed by atoms with Crippen molar-refractivity contribution in [2.45, 2.75) is 44.8 Å². The Morgan fingerprint density at radius 3 is 3.00 bits per heavy atom. The summed E-state index contributed by atoms with van der Waals surface area (Å²) in [6.45, 7) is 4.34. The fraction of sp³-hybridized carbons (Fsp3) is 1.00. The van der Waals surface area contributed by atoms with Gasteiger partial charge in [-0.1, -0.05) is 13.3 Å². The smallest absolute Gasteiger partial charge is 0.0926 e. The van der Waals surface area contributed by atoms with Gasteiger partial charge in [-0.25, -0.2) is 0 Å². The summed E-state index contributed by atoms with van der Waals surface area (Å²) in [6, 6.07) is 0.255. The van der Waals surface area contributed by atoms with Gasteiger partial charge in [-0.3, -0.25) is 0 Å². The Bertz CT molecular complexity index is 124. The van der Waals surface area contributed by atoms with Gasteiger partial charge in [-0.15, -0.1) is 0 Å². The number of hydrogen-bond donors (Lipinski definition) is 2. The minimum absolute atomic E-state index is 0.255. The molecular formula is C10H21NO2. The molecule has 0 saturated carbocycles. The van der Waals surface area contributed by atoms with E-state index < -0.39 is 0 Å². The zero-order chi connectivity index (χ0) is 9.52. The topological polar surface area (TPSA) is 41.5 Å². The van der Waals surface area contributed by atoms with Crippen LogP contribution in [0.5, 0.6) is 0 Å². The van der Waals surface area contributed by atoms with Crippen molar-refractivity contribution in [3.8, 4) is 0 Å². The second kappa shape index (κ2) is 6.35. The molecule has 2 atom stereocenters. The van der Waals surface area contributed by atoms with Crippen molar-refractivity contribution in [3.05, 3.63) is 0 Å². The first-order valence-corrected chi connectivity index (χ1v) is 5.33. The van der Waals surface area contributed by atoms with Gasteiger partial charge in [0.2, 0.25) is 0 Å². The van der Waals surface area contributed by atoms with Crippen molar-refractivity contribution in [2.75, 3.05) is 19.8 Å². The number of hydrogen-bond acceptors (Lipinski definition) is 3. The van der Waals surface area contributed by atoms with E-state index in [1.165, 1.54) is 12.8 Å². The van der Waals surface area contributed by atoms with E-state index in [1.54, 1.807) is 0 Å². The molecule has 1 heterocycles. The van der Waals surface area contributed by atoms with Crippen molar-refractivity contribution in [3.63, 3.8) is 0 Å².